The van der Waals surface area contributed by atoms with Crippen LogP contribution in [0, 0.1) is 0 Å². The zero-order valence-electron chi connectivity index (χ0n) is 27.8. The molecule has 0 saturated carbocycles. The van der Waals surface area contributed by atoms with E-state index in [0.717, 1.165) is 35.1 Å². The van der Waals surface area contributed by atoms with Crippen LogP contribution in [-0.4, -0.2) is 21.2 Å². The van der Waals surface area contributed by atoms with Crippen molar-refractivity contribution in [3.05, 3.63) is 175 Å². The molecule has 0 fully saturated rings. The van der Waals surface area contributed by atoms with Crippen molar-refractivity contribution >= 4 is 29.1 Å². The van der Waals surface area contributed by atoms with E-state index < -0.39 is 0 Å². The number of para-hydroxylation sites is 1. The molecule has 1 aromatic heterocycles. The molecule has 8 rings (SSSR count). The molecule has 0 bridgehead atoms. The first-order chi connectivity index (χ1) is 24.8. The first-order valence-electron chi connectivity index (χ1n) is 17.0. The minimum Gasteiger partial charge on any atom is -0.313 e. The van der Waals surface area contributed by atoms with Gasteiger partial charge in [0.1, 0.15) is 0 Å². The highest BCUT2D eigenvalue weighted by molar-refractivity contribution is 5.99. The van der Waals surface area contributed by atoms with Crippen LogP contribution in [0.3, 0.4) is 0 Å². The van der Waals surface area contributed by atoms with Crippen LogP contribution >= 0.6 is 0 Å². The number of hydrogen-bond acceptors (Lipinski definition) is 5. The van der Waals surface area contributed by atoms with Crippen LogP contribution in [0.5, 0.6) is 0 Å². The molecular formula is C45H35N5. The molecular weight excluding hydrogens is 611 g/mol. The van der Waals surface area contributed by atoms with E-state index in [-0.39, 0.29) is 0 Å². The highest BCUT2D eigenvalue weighted by Gasteiger charge is 2.28. The number of benzene rings is 5. The molecule has 0 atom stereocenters. The molecule has 5 heteroatoms. The molecule has 0 spiro atoms. The van der Waals surface area contributed by atoms with Crippen LogP contribution in [-0.2, 0) is 0 Å². The van der Waals surface area contributed by atoms with Crippen molar-refractivity contribution in [3.63, 3.8) is 0 Å². The molecule has 240 valence electrons. The fourth-order valence-corrected chi connectivity index (χ4v) is 6.64. The van der Waals surface area contributed by atoms with Crippen molar-refractivity contribution in [3.8, 4) is 45.0 Å². The van der Waals surface area contributed by atoms with Crippen molar-refractivity contribution in [1.29, 1.82) is 0 Å². The largest absolute Gasteiger partial charge is 0.313 e. The Kier molecular flexibility index (Phi) is 8.61. The van der Waals surface area contributed by atoms with Gasteiger partial charge in [0, 0.05) is 39.9 Å². The molecule has 0 amide bonds. The van der Waals surface area contributed by atoms with Crippen molar-refractivity contribution in [2.24, 2.45) is 4.99 Å². The molecule has 1 aliphatic heterocycles. The van der Waals surface area contributed by atoms with Crippen molar-refractivity contribution in [1.82, 2.24) is 15.0 Å². The van der Waals surface area contributed by atoms with Crippen LogP contribution in [0.4, 0.5) is 17.3 Å². The Labute approximate surface area is 293 Å². The molecule has 2 heterocycles. The predicted octanol–water partition coefficient (Wildman–Crippen LogP) is 11.6. The summed E-state index contributed by atoms with van der Waals surface area (Å²) < 4.78 is 0. The average Bonchev–Trinajstić information content (AvgIpc) is 3.31. The molecule has 6 aromatic rings. The van der Waals surface area contributed by atoms with Gasteiger partial charge in [-0.05, 0) is 72.4 Å². The molecule has 0 N–H and O–H groups in total. The summed E-state index contributed by atoms with van der Waals surface area (Å²) in [4.78, 5) is 21.2. The number of anilines is 2. The van der Waals surface area contributed by atoms with E-state index in [1.54, 1.807) is 6.21 Å². The molecule has 5 nitrogen and oxygen atoms in total. The summed E-state index contributed by atoms with van der Waals surface area (Å²) in [6.07, 6.45) is 16.0. The predicted molar refractivity (Wildman–Crippen MR) is 208 cm³/mol. The normalized spacial score (nSPS) is 13.9. The Morgan fingerprint density at radius 3 is 2.02 bits per heavy atom. The third kappa shape index (κ3) is 6.13. The minimum absolute atomic E-state index is 0.363. The number of aromatic nitrogens is 3. The molecule has 5 aromatic carbocycles. The smallest absolute Gasteiger partial charge is 0.253 e. The average molecular weight is 646 g/mol. The summed E-state index contributed by atoms with van der Waals surface area (Å²) in [5.41, 5.74) is 12.8. The van der Waals surface area contributed by atoms with Crippen molar-refractivity contribution in [2.75, 3.05) is 4.90 Å². The van der Waals surface area contributed by atoms with Crippen LogP contribution in [0.2, 0.25) is 0 Å². The Hall–Kier alpha value is -6.46. The van der Waals surface area contributed by atoms with Gasteiger partial charge in [0.25, 0.3) is 5.95 Å². The SMILES string of the molecule is C/C=C\C=C/C=Nc1nc(-c2ccccc2)nc(-c2ccc(-c3ccc4c(c3)-c3ccccc3C3=C(CCC=C3)N4c3ccccc3)cc2)n1. The van der Waals surface area contributed by atoms with Gasteiger partial charge < -0.3 is 4.90 Å². The molecule has 0 saturated heterocycles. The molecule has 1 aliphatic carbocycles. The molecule has 50 heavy (non-hydrogen) atoms. The maximum atomic E-state index is 4.86. The number of hydrogen-bond donors (Lipinski definition) is 0. The van der Waals surface area contributed by atoms with Crippen molar-refractivity contribution in [2.45, 2.75) is 19.8 Å². The van der Waals surface area contributed by atoms with Gasteiger partial charge in [0.15, 0.2) is 11.6 Å². The summed E-state index contributed by atoms with van der Waals surface area (Å²) in [6.45, 7) is 1.98. The van der Waals surface area contributed by atoms with Crippen LogP contribution in [0.15, 0.2) is 175 Å². The summed E-state index contributed by atoms with van der Waals surface area (Å²) in [6, 6.07) is 44.8. The van der Waals surface area contributed by atoms with E-state index in [4.69, 9.17) is 9.97 Å². The lowest BCUT2D eigenvalue weighted by atomic mass is 9.90. The number of nitrogens with zero attached hydrogens (tertiary/aromatic N) is 5. The highest BCUT2D eigenvalue weighted by atomic mass is 15.2. The molecule has 0 unspecified atom stereocenters. The summed E-state index contributed by atoms with van der Waals surface area (Å²) in [5.74, 6) is 1.53. The zero-order chi connectivity index (χ0) is 33.7. The monoisotopic (exact) mass is 645 g/mol. The summed E-state index contributed by atoms with van der Waals surface area (Å²) >= 11 is 0. The molecule has 0 radical (unpaired) electrons. The maximum absolute atomic E-state index is 4.86. The van der Waals surface area contributed by atoms with Gasteiger partial charge in [0.2, 0.25) is 0 Å². The van der Waals surface area contributed by atoms with Crippen molar-refractivity contribution < 1.29 is 0 Å². The Bertz CT molecular complexity index is 2310. The second-order valence-electron chi connectivity index (χ2n) is 12.2. The minimum atomic E-state index is 0.363. The van der Waals surface area contributed by atoms with E-state index in [0.29, 0.717) is 17.6 Å². The Morgan fingerprint density at radius 1 is 0.600 bits per heavy atom. The fourth-order valence-electron chi connectivity index (χ4n) is 6.64. The first-order valence-corrected chi connectivity index (χ1v) is 17.0. The van der Waals surface area contributed by atoms with E-state index in [1.165, 1.54) is 39.3 Å². The van der Waals surface area contributed by atoms with Crippen LogP contribution in [0.25, 0.3) is 50.6 Å². The highest BCUT2D eigenvalue weighted by Crippen LogP contribution is 2.49. The fraction of sp³-hybridized carbons (Fsp3) is 0.0667. The summed E-state index contributed by atoms with van der Waals surface area (Å²) in [7, 11) is 0. The third-order valence-corrected chi connectivity index (χ3v) is 9.00. The van der Waals surface area contributed by atoms with Gasteiger partial charge in [-0.3, -0.25) is 0 Å². The lowest BCUT2D eigenvalue weighted by Gasteiger charge is -2.30. The summed E-state index contributed by atoms with van der Waals surface area (Å²) in [5, 5.41) is 0. The Morgan fingerprint density at radius 2 is 1.26 bits per heavy atom. The number of aliphatic imine (C=N–C) groups is 1. The second-order valence-corrected chi connectivity index (χ2v) is 12.2. The standard InChI is InChI=1S/C45H35N5/c1-2-3-4-15-30-46-45-48-43(33-16-7-5-8-17-33)47-44(49-45)34-26-24-32(25-27-34)35-28-29-42-40(31-35)38-21-12-11-20-37(38)39-22-13-14-23-41(39)50(42)36-18-9-6-10-19-36/h2-13,15-22,24-31H,14,23H2,1H3/b3-2-,15-4-,46-30?. The van der Waals surface area contributed by atoms with Gasteiger partial charge in [-0.25, -0.2) is 9.98 Å². The lowest BCUT2D eigenvalue weighted by Crippen LogP contribution is -2.18. The second kappa shape index (κ2) is 14.0. The number of fused-ring (bicyclic) bond motifs is 4. The third-order valence-electron chi connectivity index (χ3n) is 9.00. The van der Waals surface area contributed by atoms with Crippen LogP contribution < -0.4 is 4.90 Å². The van der Waals surface area contributed by atoms with Crippen LogP contribution in [0.1, 0.15) is 25.3 Å². The topological polar surface area (TPSA) is 54.3 Å². The van der Waals surface area contributed by atoms with Gasteiger partial charge in [0.05, 0.1) is 5.69 Å². The van der Waals surface area contributed by atoms with Gasteiger partial charge in [-0.2, -0.15) is 9.97 Å². The quantitative estimate of drug-likeness (QED) is 0.128. The van der Waals surface area contributed by atoms with Gasteiger partial charge in [-0.15, -0.1) is 0 Å². The van der Waals surface area contributed by atoms with Gasteiger partial charge >= 0.3 is 0 Å². The van der Waals surface area contributed by atoms with E-state index in [9.17, 15) is 0 Å². The zero-order valence-corrected chi connectivity index (χ0v) is 27.8. The van der Waals surface area contributed by atoms with Gasteiger partial charge in [-0.1, -0.05) is 134 Å². The molecule has 2 aliphatic rings. The number of allylic oxidation sites excluding steroid dienone is 8. The Balaban J connectivity index is 1.19. The van der Waals surface area contributed by atoms with E-state index >= 15 is 0 Å². The maximum Gasteiger partial charge on any atom is 0.253 e. The van der Waals surface area contributed by atoms with E-state index in [1.807, 2.05) is 61.6 Å². The van der Waals surface area contributed by atoms with E-state index in [2.05, 4.69) is 124 Å². The number of rotatable bonds is 7. The first kappa shape index (κ1) is 30.8. The lowest BCUT2D eigenvalue weighted by molar-refractivity contribution is 0.926.